The molecule has 0 aromatic carbocycles. The molecule has 2 aliphatic rings. The number of hydrogen-bond acceptors (Lipinski definition) is 2. The van der Waals surface area contributed by atoms with Crippen LogP contribution in [0, 0.1) is 17.8 Å². The molecule has 92 valence electrons. The van der Waals surface area contributed by atoms with Crippen LogP contribution in [0.3, 0.4) is 0 Å². The van der Waals surface area contributed by atoms with Crippen LogP contribution in [0.1, 0.15) is 59.3 Å². The molecule has 2 saturated carbocycles. The summed E-state index contributed by atoms with van der Waals surface area (Å²) in [6.07, 6.45) is 6.92. The lowest BCUT2D eigenvalue weighted by atomic mass is 9.82. The molecule has 2 fully saturated rings. The Balaban J connectivity index is 2.03. The number of ether oxygens (including phenoxy) is 1. The van der Waals surface area contributed by atoms with Crippen molar-refractivity contribution in [1.29, 1.82) is 0 Å². The molecule has 2 bridgehead atoms. The first-order valence-electron chi connectivity index (χ1n) is 6.84. The van der Waals surface area contributed by atoms with Crippen LogP contribution in [0.2, 0.25) is 0 Å². The van der Waals surface area contributed by atoms with Gasteiger partial charge in [0.05, 0.1) is 5.92 Å². The minimum absolute atomic E-state index is 0.0249. The average Bonchev–Trinajstić information content (AvgIpc) is 2.88. The summed E-state index contributed by atoms with van der Waals surface area (Å²) in [6.45, 7) is 6.19. The van der Waals surface area contributed by atoms with Gasteiger partial charge < -0.3 is 4.74 Å². The van der Waals surface area contributed by atoms with Crippen LogP contribution in [-0.2, 0) is 9.53 Å². The lowest BCUT2D eigenvalue weighted by molar-refractivity contribution is -0.171. The van der Waals surface area contributed by atoms with Gasteiger partial charge >= 0.3 is 5.97 Å². The van der Waals surface area contributed by atoms with Crippen molar-refractivity contribution in [1.82, 2.24) is 0 Å². The monoisotopic (exact) mass is 224 g/mol. The van der Waals surface area contributed by atoms with Gasteiger partial charge in [0.1, 0.15) is 5.60 Å². The molecule has 2 nitrogen and oxygen atoms in total. The second-order valence-corrected chi connectivity index (χ2v) is 5.73. The molecule has 4 unspecified atom stereocenters. The minimum Gasteiger partial charge on any atom is -0.459 e. The Morgan fingerprint density at radius 2 is 2.19 bits per heavy atom. The third-order valence-corrected chi connectivity index (χ3v) is 4.84. The van der Waals surface area contributed by atoms with Crippen LogP contribution in [0.4, 0.5) is 0 Å². The smallest absolute Gasteiger partial charge is 0.309 e. The summed E-state index contributed by atoms with van der Waals surface area (Å²) in [7, 11) is 0. The number of carbonyl (C=O) groups excluding carboxylic acids is 1. The first-order chi connectivity index (χ1) is 7.61. The molecule has 0 saturated heterocycles. The maximum Gasteiger partial charge on any atom is 0.309 e. The van der Waals surface area contributed by atoms with E-state index in [4.69, 9.17) is 4.74 Å². The predicted molar refractivity (Wildman–Crippen MR) is 64.0 cm³/mol. The van der Waals surface area contributed by atoms with Gasteiger partial charge in [-0.15, -0.1) is 0 Å². The molecular formula is C14H24O2. The summed E-state index contributed by atoms with van der Waals surface area (Å²) in [4.78, 5) is 11.9. The summed E-state index contributed by atoms with van der Waals surface area (Å²) in [5, 5.41) is 0. The summed E-state index contributed by atoms with van der Waals surface area (Å²) >= 11 is 0. The van der Waals surface area contributed by atoms with Gasteiger partial charge in [-0.3, -0.25) is 4.79 Å². The zero-order chi connectivity index (χ0) is 11.8. The maximum absolute atomic E-state index is 11.9. The fourth-order valence-corrected chi connectivity index (χ4v) is 3.49. The Morgan fingerprint density at radius 1 is 1.44 bits per heavy atom. The summed E-state index contributed by atoms with van der Waals surface area (Å²) in [5.74, 6) is 1.56. The zero-order valence-corrected chi connectivity index (χ0v) is 10.8. The largest absolute Gasteiger partial charge is 0.459 e. The molecule has 0 heterocycles. The first kappa shape index (κ1) is 11.9. The van der Waals surface area contributed by atoms with Crippen LogP contribution in [0.25, 0.3) is 0 Å². The number of esters is 1. The average molecular weight is 224 g/mol. The molecule has 2 aliphatic carbocycles. The van der Waals surface area contributed by atoms with Gasteiger partial charge in [-0.25, -0.2) is 0 Å². The van der Waals surface area contributed by atoms with E-state index < -0.39 is 0 Å². The highest BCUT2D eigenvalue weighted by Gasteiger charge is 2.52. The third kappa shape index (κ3) is 1.87. The molecule has 0 aromatic rings. The highest BCUT2D eigenvalue weighted by Crippen LogP contribution is 2.54. The molecule has 4 atom stereocenters. The zero-order valence-electron chi connectivity index (χ0n) is 10.8. The summed E-state index contributed by atoms with van der Waals surface area (Å²) in [6, 6.07) is 0. The van der Waals surface area contributed by atoms with E-state index >= 15 is 0 Å². The van der Waals surface area contributed by atoms with Crippen molar-refractivity contribution in [2.24, 2.45) is 17.8 Å². The van der Waals surface area contributed by atoms with E-state index in [0.29, 0.717) is 5.92 Å². The predicted octanol–water partition coefficient (Wildman–Crippen LogP) is 3.54. The normalized spacial score (nSPS) is 38.7. The fraction of sp³-hybridized carbons (Fsp3) is 0.929. The molecule has 0 amide bonds. The molecule has 16 heavy (non-hydrogen) atoms. The molecule has 0 radical (unpaired) electrons. The van der Waals surface area contributed by atoms with E-state index in [2.05, 4.69) is 6.92 Å². The Morgan fingerprint density at radius 3 is 2.62 bits per heavy atom. The van der Waals surface area contributed by atoms with Crippen molar-refractivity contribution in [2.45, 2.75) is 64.9 Å². The van der Waals surface area contributed by atoms with Gasteiger partial charge in [-0.1, -0.05) is 20.8 Å². The molecule has 2 heteroatoms. The molecule has 0 spiro atoms. The van der Waals surface area contributed by atoms with Gasteiger partial charge in [0.25, 0.3) is 0 Å². The minimum atomic E-state index is -0.0938. The second kappa shape index (κ2) is 4.38. The van der Waals surface area contributed by atoms with E-state index in [1.807, 2.05) is 13.8 Å². The molecule has 2 rings (SSSR count). The van der Waals surface area contributed by atoms with Gasteiger partial charge in [0.2, 0.25) is 0 Å². The van der Waals surface area contributed by atoms with E-state index in [1.54, 1.807) is 0 Å². The standard InChI is InChI=1S/C14H24O2/c1-4-10(3)13(15)16-14(5-2)9-11-6-7-12(14)8-11/h10-12H,4-9H2,1-3H3. The Labute approximate surface area is 98.7 Å². The van der Waals surface area contributed by atoms with Crippen LogP contribution < -0.4 is 0 Å². The number of rotatable bonds is 4. The van der Waals surface area contributed by atoms with Gasteiger partial charge in [-0.05, 0) is 50.4 Å². The van der Waals surface area contributed by atoms with Crippen molar-refractivity contribution in [3.63, 3.8) is 0 Å². The van der Waals surface area contributed by atoms with Crippen molar-refractivity contribution < 1.29 is 9.53 Å². The van der Waals surface area contributed by atoms with Gasteiger partial charge in [-0.2, -0.15) is 0 Å². The number of hydrogen-bond donors (Lipinski definition) is 0. The second-order valence-electron chi connectivity index (χ2n) is 5.73. The quantitative estimate of drug-likeness (QED) is 0.683. The summed E-state index contributed by atoms with van der Waals surface area (Å²) < 4.78 is 5.90. The van der Waals surface area contributed by atoms with E-state index in [1.165, 1.54) is 19.3 Å². The van der Waals surface area contributed by atoms with Crippen molar-refractivity contribution in [3.8, 4) is 0 Å². The van der Waals surface area contributed by atoms with Crippen molar-refractivity contribution >= 4 is 5.97 Å². The molecular weight excluding hydrogens is 200 g/mol. The third-order valence-electron chi connectivity index (χ3n) is 4.84. The lowest BCUT2D eigenvalue weighted by Crippen LogP contribution is -2.41. The van der Waals surface area contributed by atoms with Crippen LogP contribution in [-0.4, -0.2) is 11.6 Å². The SMILES string of the molecule is CCC(C)C(=O)OC1(CC)CC2CCC1C2. The van der Waals surface area contributed by atoms with Gasteiger partial charge in [0, 0.05) is 0 Å². The molecule has 0 N–H and O–H groups in total. The number of carbonyl (C=O) groups is 1. The fourth-order valence-electron chi connectivity index (χ4n) is 3.49. The maximum atomic E-state index is 11.9. The first-order valence-corrected chi connectivity index (χ1v) is 6.84. The molecule has 0 aliphatic heterocycles. The van der Waals surface area contributed by atoms with Crippen LogP contribution >= 0.6 is 0 Å². The topological polar surface area (TPSA) is 26.3 Å². The lowest BCUT2D eigenvalue weighted by Gasteiger charge is -2.37. The Bertz CT molecular complexity index is 274. The highest BCUT2D eigenvalue weighted by molar-refractivity contribution is 5.72. The highest BCUT2D eigenvalue weighted by atomic mass is 16.6. The Kier molecular flexibility index (Phi) is 3.27. The van der Waals surface area contributed by atoms with Crippen LogP contribution in [0.5, 0.6) is 0 Å². The Hall–Kier alpha value is -0.530. The van der Waals surface area contributed by atoms with E-state index in [9.17, 15) is 4.79 Å². The van der Waals surface area contributed by atoms with Crippen LogP contribution in [0.15, 0.2) is 0 Å². The van der Waals surface area contributed by atoms with E-state index in [-0.39, 0.29) is 17.5 Å². The van der Waals surface area contributed by atoms with Crippen molar-refractivity contribution in [2.75, 3.05) is 0 Å². The molecule has 0 aromatic heterocycles. The number of fused-ring (bicyclic) bond motifs is 2. The summed E-state index contributed by atoms with van der Waals surface area (Å²) in [5.41, 5.74) is -0.0938. The van der Waals surface area contributed by atoms with E-state index in [0.717, 1.165) is 25.2 Å². The van der Waals surface area contributed by atoms with Crippen molar-refractivity contribution in [3.05, 3.63) is 0 Å². The van der Waals surface area contributed by atoms with Gasteiger partial charge in [0.15, 0.2) is 0 Å².